The first-order chi connectivity index (χ1) is 10.9. The zero-order valence-electron chi connectivity index (χ0n) is 11.8. The Morgan fingerprint density at radius 2 is 1.91 bits per heavy atom. The van der Waals surface area contributed by atoms with Gasteiger partial charge in [-0.05, 0) is 23.8 Å². The summed E-state index contributed by atoms with van der Waals surface area (Å²) >= 11 is 5.91. The smallest absolute Gasteiger partial charge is 0.276 e. The van der Waals surface area contributed by atoms with E-state index in [0.29, 0.717) is 5.56 Å². The summed E-state index contributed by atoms with van der Waals surface area (Å²) in [6, 6.07) is 7.16. The molecule has 8 heteroatoms. The molecule has 0 amide bonds. The maximum Gasteiger partial charge on any atom is 0.276 e. The van der Waals surface area contributed by atoms with Crippen molar-refractivity contribution in [2.24, 2.45) is 0 Å². The lowest BCUT2D eigenvalue weighted by Gasteiger charge is -2.14. The molecular formula is C15H13ClF2N2O3. The van der Waals surface area contributed by atoms with Crippen LogP contribution in [0, 0.1) is 21.7 Å². The number of aliphatic hydroxyl groups is 1. The van der Waals surface area contributed by atoms with Crippen LogP contribution in [0.3, 0.4) is 0 Å². The summed E-state index contributed by atoms with van der Waals surface area (Å²) in [7, 11) is 0. The molecule has 0 aliphatic carbocycles. The molecule has 2 aromatic carbocycles. The zero-order valence-corrected chi connectivity index (χ0v) is 12.6. The van der Waals surface area contributed by atoms with Gasteiger partial charge in [0.05, 0.1) is 21.6 Å². The summed E-state index contributed by atoms with van der Waals surface area (Å²) in [6.45, 7) is 0.0205. The monoisotopic (exact) mass is 342 g/mol. The van der Waals surface area contributed by atoms with Gasteiger partial charge in [0.2, 0.25) is 0 Å². The summed E-state index contributed by atoms with van der Waals surface area (Å²) in [5.41, 5.74) is 0.0593. The van der Waals surface area contributed by atoms with Crippen LogP contribution in [-0.4, -0.2) is 16.6 Å². The van der Waals surface area contributed by atoms with Crippen LogP contribution in [0.15, 0.2) is 36.4 Å². The Kier molecular flexibility index (Phi) is 5.59. The maximum absolute atomic E-state index is 13.1. The van der Waals surface area contributed by atoms with Crippen molar-refractivity contribution < 1.29 is 18.8 Å². The Morgan fingerprint density at radius 3 is 2.52 bits per heavy atom. The lowest BCUT2D eigenvalue weighted by Crippen LogP contribution is -2.22. The van der Waals surface area contributed by atoms with Gasteiger partial charge in [0.25, 0.3) is 5.69 Å². The van der Waals surface area contributed by atoms with E-state index in [4.69, 9.17) is 11.6 Å². The molecule has 0 aliphatic rings. The first-order valence-electron chi connectivity index (χ1n) is 6.65. The fourth-order valence-electron chi connectivity index (χ4n) is 2.18. The maximum atomic E-state index is 13.1. The number of nitro groups is 1. The van der Waals surface area contributed by atoms with Crippen LogP contribution in [0.5, 0.6) is 0 Å². The molecule has 5 nitrogen and oxygen atoms in total. The second-order valence-electron chi connectivity index (χ2n) is 4.85. The van der Waals surface area contributed by atoms with E-state index in [1.165, 1.54) is 18.2 Å². The molecule has 0 radical (unpaired) electrons. The van der Waals surface area contributed by atoms with E-state index in [2.05, 4.69) is 5.32 Å². The van der Waals surface area contributed by atoms with Crippen molar-refractivity contribution in [3.63, 3.8) is 0 Å². The Bertz CT molecular complexity index is 708. The molecule has 0 fully saturated rings. The highest BCUT2D eigenvalue weighted by atomic mass is 35.5. The van der Waals surface area contributed by atoms with Gasteiger partial charge >= 0.3 is 0 Å². The number of nitrogens with zero attached hydrogens (tertiary/aromatic N) is 1. The molecule has 0 heterocycles. The van der Waals surface area contributed by atoms with Crippen molar-refractivity contribution in [1.29, 1.82) is 0 Å². The predicted octanol–water partition coefficient (Wildman–Crippen LogP) is 3.35. The minimum Gasteiger partial charge on any atom is -0.387 e. The van der Waals surface area contributed by atoms with E-state index in [0.717, 1.165) is 18.2 Å². The van der Waals surface area contributed by atoms with Gasteiger partial charge in [-0.2, -0.15) is 0 Å². The van der Waals surface area contributed by atoms with Gasteiger partial charge in [-0.25, -0.2) is 8.78 Å². The van der Waals surface area contributed by atoms with Crippen LogP contribution in [0.1, 0.15) is 17.2 Å². The fourth-order valence-corrected chi connectivity index (χ4v) is 2.48. The summed E-state index contributed by atoms with van der Waals surface area (Å²) in [5, 5.41) is 24.0. The van der Waals surface area contributed by atoms with E-state index in [-0.39, 0.29) is 29.4 Å². The SMILES string of the molecule is O=[N+]([O-])c1cccc(Cl)c1[C@H](O)CNCc1cc(F)cc(F)c1. The number of rotatable bonds is 6. The first-order valence-corrected chi connectivity index (χ1v) is 7.03. The van der Waals surface area contributed by atoms with Crippen molar-refractivity contribution in [1.82, 2.24) is 5.32 Å². The number of nitrogens with one attached hydrogen (secondary N) is 1. The van der Waals surface area contributed by atoms with Gasteiger partial charge in [0, 0.05) is 25.2 Å². The normalized spacial score (nSPS) is 12.2. The first kappa shape index (κ1) is 17.3. The number of hydrogen-bond donors (Lipinski definition) is 2. The molecule has 0 saturated carbocycles. The van der Waals surface area contributed by atoms with Crippen molar-refractivity contribution in [2.75, 3.05) is 6.54 Å². The van der Waals surface area contributed by atoms with Crippen LogP contribution in [0.25, 0.3) is 0 Å². The van der Waals surface area contributed by atoms with Crippen LogP contribution < -0.4 is 5.32 Å². The van der Waals surface area contributed by atoms with Gasteiger partial charge in [0.15, 0.2) is 0 Å². The van der Waals surface area contributed by atoms with Gasteiger partial charge in [0.1, 0.15) is 11.6 Å². The highest BCUT2D eigenvalue weighted by Crippen LogP contribution is 2.31. The van der Waals surface area contributed by atoms with Crippen LogP contribution >= 0.6 is 11.6 Å². The van der Waals surface area contributed by atoms with Crippen LogP contribution in [0.4, 0.5) is 14.5 Å². The van der Waals surface area contributed by atoms with E-state index in [1.54, 1.807) is 0 Å². The molecule has 0 spiro atoms. The molecule has 2 aromatic rings. The van der Waals surface area contributed by atoms with Crippen molar-refractivity contribution >= 4 is 17.3 Å². The lowest BCUT2D eigenvalue weighted by atomic mass is 10.1. The molecule has 0 bridgehead atoms. The van der Waals surface area contributed by atoms with E-state index in [1.807, 2.05) is 0 Å². The molecule has 0 unspecified atom stereocenters. The average molecular weight is 343 g/mol. The molecule has 0 saturated heterocycles. The van der Waals surface area contributed by atoms with E-state index >= 15 is 0 Å². The summed E-state index contributed by atoms with van der Waals surface area (Å²) in [6.07, 6.45) is -1.23. The van der Waals surface area contributed by atoms with E-state index in [9.17, 15) is 24.0 Å². The summed E-state index contributed by atoms with van der Waals surface area (Å²) in [4.78, 5) is 10.3. The summed E-state index contributed by atoms with van der Waals surface area (Å²) in [5.74, 6) is -1.41. The third kappa shape index (κ3) is 4.44. The standard InChI is InChI=1S/C15H13ClF2N2O3/c16-12-2-1-3-13(20(22)23)15(12)14(21)8-19-7-9-4-10(17)6-11(18)5-9/h1-6,14,19,21H,7-8H2/t14-/m1/s1. The van der Waals surface area contributed by atoms with Gasteiger partial charge in [-0.15, -0.1) is 0 Å². The fraction of sp³-hybridized carbons (Fsp3) is 0.200. The van der Waals surface area contributed by atoms with Crippen molar-refractivity contribution in [3.05, 3.63) is 74.3 Å². The third-order valence-electron chi connectivity index (χ3n) is 3.15. The zero-order chi connectivity index (χ0) is 17.0. The second-order valence-corrected chi connectivity index (χ2v) is 5.26. The van der Waals surface area contributed by atoms with Crippen molar-refractivity contribution in [3.8, 4) is 0 Å². The highest BCUT2D eigenvalue weighted by molar-refractivity contribution is 6.31. The quantitative estimate of drug-likeness (QED) is 0.623. The Balaban J connectivity index is 2.05. The number of aliphatic hydroxyl groups excluding tert-OH is 1. The number of benzene rings is 2. The summed E-state index contributed by atoms with van der Waals surface area (Å²) < 4.78 is 26.1. The minimum atomic E-state index is -1.23. The average Bonchev–Trinajstić information content (AvgIpc) is 2.45. The third-order valence-corrected chi connectivity index (χ3v) is 3.48. The van der Waals surface area contributed by atoms with Gasteiger partial charge in [-0.3, -0.25) is 10.1 Å². The second kappa shape index (κ2) is 7.45. The van der Waals surface area contributed by atoms with Gasteiger partial charge in [-0.1, -0.05) is 17.7 Å². The highest BCUT2D eigenvalue weighted by Gasteiger charge is 2.23. The Labute approximate surface area is 135 Å². The number of halogens is 3. The molecular weight excluding hydrogens is 330 g/mol. The lowest BCUT2D eigenvalue weighted by molar-refractivity contribution is -0.386. The van der Waals surface area contributed by atoms with Crippen molar-refractivity contribution in [2.45, 2.75) is 12.6 Å². The van der Waals surface area contributed by atoms with Gasteiger partial charge < -0.3 is 10.4 Å². The topological polar surface area (TPSA) is 75.4 Å². The molecule has 2 rings (SSSR count). The Morgan fingerprint density at radius 1 is 1.26 bits per heavy atom. The molecule has 0 aromatic heterocycles. The van der Waals surface area contributed by atoms with E-state index < -0.39 is 22.7 Å². The molecule has 23 heavy (non-hydrogen) atoms. The number of hydrogen-bond acceptors (Lipinski definition) is 4. The van der Waals surface area contributed by atoms with Crippen LogP contribution in [0.2, 0.25) is 5.02 Å². The molecule has 0 aliphatic heterocycles. The predicted molar refractivity (Wildman–Crippen MR) is 81.1 cm³/mol. The largest absolute Gasteiger partial charge is 0.387 e. The number of nitro benzene ring substituents is 1. The van der Waals surface area contributed by atoms with Crippen LogP contribution in [-0.2, 0) is 6.54 Å². The molecule has 1 atom stereocenters. The Hall–Kier alpha value is -2.09. The minimum absolute atomic E-state index is 0.00269. The molecule has 2 N–H and O–H groups in total. The molecule has 122 valence electrons.